The molecular formula is C11H18O7S. The van der Waals surface area contributed by atoms with Crippen LogP contribution in [-0.4, -0.2) is 64.9 Å². The Morgan fingerprint density at radius 2 is 1.89 bits per heavy atom. The van der Waals surface area contributed by atoms with Crippen molar-refractivity contribution in [2.24, 2.45) is 0 Å². The van der Waals surface area contributed by atoms with Crippen LogP contribution in [0.3, 0.4) is 0 Å². The number of esters is 1. The molecule has 0 spiro atoms. The summed E-state index contributed by atoms with van der Waals surface area (Å²) in [5, 5.41) is 19.6. The normalized spacial score (nSPS) is 34.9. The van der Waals surface area contributed by atoms with Crippen LogP contribution in [0, 0.1) is 0 Å². The first-order valence-electron chi connectivity index (χ1n) is 5.71. The molecule has 110 valence electrons. The lowest BCUT2D eigenvalue weighted by molar-refractivity contribution is -0.287. The maximum atomic E-state index is 11.0. The minimum absolute atomic E-state index is 0.125. The Balaban J connectivity index is 2.79. The molecule has 1 fully saturated rings. The number of methoxy groups -OCH3 is 1. The molecule has 0 aromatic heterocycles. The first-order valence-corrected chi connectivity index (χ1v) is 6.70. The van der Waals surface area contributed by atoms with Crippen molar-refractivity contribution in [2.45, 2.75) is 44.6 Å². The van der Waals surface area contributed by atoms with E-state index in [0.717, 1.165) is 11.8 Å². The molecule has 8 heteroatoms. The van der Waals surface area contributed by atoms with Crippen molar-refractivity contribution in [3.05, 3.63) is 0 Å². The Hall–Kier alpha value is -0.670. The van der Waals surface area contributed by atoms with E-state index in [1.54, 1.807) is 0 Å². The van der Waals surface area contributed by atoms with Gasteiger partial charge in [-0.15, -0.1) is 0 Å². The van der Waals surface area contributed by atoms with E-state index in [2.05, 4.69) is 0 Å². The molecule has 1 heterocycles. The minimum atomic E-state index is -1.33. The predicted octanol–water partition coefficient (Wildman–Crippen LogP) is -0.709. The smallest absolute Gasteiger partial charge is 0.303 e. The molecule has 0 saturated carbocycles. The number of ether oxygens (including phenoxy) is 3. The number of aliphatic hydroxyl groups is 2. The Kier molecular flexibility index (Phi) is 6.21. The highest BCUT2D eigenvalue weighted by molar-refractivity contribution is 8.13. The standard InChI is InChI=1S/C11H18O7S/c1-5(12)17-10-7(4-19-6(2)13)18-11(16-3)9(15)8(10)14/h7-11,14-15H,4H2,1-3H3/t7-,8-,9+,10-,11+/m1/s1. The first kappa shape index (κ1) is 16.4. The Morgan fingerprint density at radius 1 is 1.26 bits per heavy atom. The second-order valence-corrected chi connectivity index (χ2v) is 5.33. The van der Waals surface area contributed by atoms with E-state index in [-0.39, 0.29) is 10.9 Å². The van der Waals surface area contributed by atoms with Crippen molar-refractivity contribution in [1.29, 1.82) is 0 Å². The topological polar surface area (TPSA) is 102 Å². The fourth-order valence-corrected chi connectivity index (χ4v) is 2.44. The minimum Gasteiger partial charge on any atom is -0.457 e. The van der Waals surface area contributed by atoms with Gasteiger partial charge in [0.25, 0.3) is 0 Å². The lowest BCUT2D eigenvalue weighted by Gasteiger charge is -2.41. The summed E-state index contributed by atoms with van der Waals surface area (Å²) in [5.41, 5.74) is 0. The zero-order valence-corrected chi connectivity index (χ0v) is 11.8. The number of hydrogen-bond acceptors (Lipinski definition) is 8. The van der Waals surface area contributed by atoms with Crippen LogP contribution in [0.15, 0.2) is 0 Å². The Morgan fingerprint density at radius 3 is 2.37 bits per heavy atom. The van der Waals surface area contributed by atoms with Gasteiger partial charge in [0.2, 0.25) is 0 Å². The highest BCUT2D eigenvalue weighted by atomic mass is 32.2. The van der Waals surface area contributed by atoms with Crippen LogP contribution in [0.25, 0.3) is 0 Å². The van der Waals surface area contributed by atoms with Crippen LogP contribution < -0.4 is 0 Å². The van der Waals surface area contributed by atoms with Gasteiger partial charge in [0, 0.05) is 26.7 Å². The quantitative estimate of drug-likeness (QED) is 0.656. The number of carbonyl (C=O) groups excluding carboxylic acids is 2. The van der Waals surface area contributed by atoms with Gasteiger partial charge in [-0.3, -0.25) is 9.59 Å². The highest BCUT2D eigenvalue weighted by Crippen LogP contribution is 2.26. The second kappa shape index (κ2) is 7.20. The predicted molar refractivity (Wildman–Crippen MR) is 66.4 cm³/mol. The number of thioether (sulfide) groups is 1. The van der Waals surface area contributed by atoms with Crippen molar-refractivity contribution in [2.75, 3.05) is 12.9 Å². The van der Waals surface area contributed by atoms with E-state index < -0.39 is 36.7 Å². The average Bonchev–Trinajstić information content (AvgIpc) is 2.33. The van der Waals surface area contributed by atoms with Crippen molar-refractivity contribution in [1.82, 2.24) is 0 Å². The fourth-order valence-electron chi connectivity index (χ4n) is 1.77. The molecule has 1 rings (SSSR count). The molecule has 0 bridgehead atoms. The van der Waals surface area contributed by atoms with Gasteiger partial charge < -0.3 is 24.4 Å². The van der Waals surface area contributed by atoms with E-state index in [1.165, 1.54) is 21.0 Å². The highest BCUT2D eigenvalue weighted by Gasteiger charge is 2.46. The summed E-state index contributed by atoms with van der Waals surface area (Å²) in [5.74, 6) is -0.412. The van der Waals surface area contributed by atoms with Crippen molar-refractivity contribution < 1.29 is 34.0 Å². The molecule has 1 aliphatic heterocycles. The molecule has 0 amide bonds. The third-order valence-electron chi connectivity index (χ3n) is 2.63. The van der Waals surface area contributed by atoms with E-state index in [1.807, 2.05) is 0 Å². The molecule has 1 aliphatic rings. The molecule has 0 aromatic carbocycles. The van der Waals surface area contributed by atoms with Crippen LogP contribution in [0.1, 0.15) is 13.8 Å². The van der Waals surface area contributed by atoms with Crippen LogP contribution in [0.2, 0.25) is 0 Å². The summed E-state index contributed by atoms with van der Waals surface area (Å²) in [6.07, 6.45) is -5.46. The zero-order valence-electron chi connectivity index (χ0n) is 10.9. The summed E-state index contributed by atoms with van der Waals surface area (Å²) >= 11 is 0.981. The summed E-state index contributed by atoms with van der Waals surface area (Å²) in [6, 6.07) is 0. The summed E-state index contributed by atoms with van der Waals surface area (Å²) in [6.45, 7) is 2.59. The molecule has 0 radical (unpaired) electrons. The number of hydrogen-bond donors (Lipinski definition) is 2. The molecule has 7 nitrogen and oxygen atoms in total. The molecule has 0 aliphatic carbocycles. The summed E-state index contributed by atoms with van der Waals surface area (Å²) in [7, 11) is 1.32. The van der Waals surface area contributed by atoms with Crippen molar-refractivity contribution in [3.8, 4) is 0 Å². The molecule has 0 unspecified atom stereocenters. The van der Waals surface area contributed by atoms with Crippen molar-refractivity contribution >= 4 is 22.8 Å². The number of aliphatic hydroxyl groups excluding tert-OH is 2. The van der Waals surface area contributed by atoms with Gasteiger partial charge in [-0.25, -0.2) is 0 Å². The monoisotopic (exact) mass is 294 g/mol. The largest absolute Gasteiger partial charge is 0.457 e. The van der Waals surface area contributed by atoms with Crippen LogP contribution >= 0.6 is 11.8 Å². The Labute approximate surface area is 115 Å². The summed E-state index contributed by atoms with van der Waals surface area (Å²) in [4.78, 5) is 22.0. The van der Waals surface area contributed by atoms with Gasteiger partial charge >= 0.3 is 5.97 Å². The van der Waals surface area contributed by atoms with E-state index >= 15 is 0 Å². The zero-order chi connectivity index (χ0) is 14.6. The van der Waals surface area contributed by atoms with Gasteiger partial charge in [-0.05, 0) is 0 Å². The van der Waals surface area contributed by atoms with Gasteiger partial charge in [0.05, 0.1) is 0 Å². The molecule has 0 aromatic rings. The fraction of sp³-hybridized carbons (Fsp3) is 0.818. The maximum absolute atomic E-state index is 11.0. The van der Waals surface area contributed by atoms with E-state index in [0.29, 0.717) is 0 Å². The van der Waals surface area contributed by atoms with Gasteiger partial charge in [0.1, 0.15) is 18.3 Å². The Bertz CT molecular complexity index is 335. The maximum Gasteiger partial charge on any atom is 0.303 e. The first-order chi connectivity index (χ1) is 8.86. The number of carbonyl (C=O) groups is 2. The molecule has 19 heavy (non-hydrogen) atoms. The third-order valence-corrected chi connectivity index (χ3v) is 3.53. The van der Waals surface area contributed by atoms with E-state index in [4.69, 9.17) is 14.2 Å². The second-order valence-electron chi connectivity index (χ2n) is 4.14. The van der Waals surface area contributed by atoms with Gasteiger partial charge in [-0.1, -0.05) is 11.8 Å². The molecule has 2 N–H and O–H groups in total. The lowest BCUT2D eigenvalue weighted by atomic mass is 9.99. The lowest BCUT2D eigenvalue weighted by Crippen LogP contribution is -2.60. The van der Waals surface area contributed by atoms with Crippen LogP contribution in [0.5, 0.6) is 0 Å². The van der Waals surface area contributed by atoms with E-state index in [9.17, 15) is 19.8 Å². The molecule has 5 atom stereocenters. The van der Waals surface area contributed by atoms with Crippen LogP contribution in [-0.2, 0) is 23.8 Å². The van der Waals surface area contributed by atoms with Crippen molar-refractivity contribution in [3.63, 3.8) is 0 Å². The van der Waals surface area contributed by atoms with Gasteiger partial charge in [0.15, 0.2) is 17.5 Å². The average molecular weight is 294 g/mol. The number of rotatable bonds is 4. The third kappa shape index (κ3) is 4.43. The molecular weight excluding hydrogens is 276 g/mol. The molecule has 1 saturated heterocycles. The van der Waals surface area contributed by atoms with Crippen LogP contribution in [0.4, 0.5) is 0 Å². The SMILES string of the molecule is CO[C@H]1O[C@H](CSC(C)=O)[C@@H](OC(C)=O)[C@H](O)[C@@H]1O. The summed E-state index contributed by atoms with van der Waals surface area (Å²) < 4.78 is 15.3. The van der Waals surface area contributed by atoms with Gasteiger partial charge in [-0.2, -0.15) is 0 Å².